The van der Waals surface area contributed by atoms with E-state index in [1.807, 2.05) is 48.2 Å². The summed E-state index contributed by atoms with van der Waals surface area (Å²) < 4.78 is 10.9. The van der Waals surface area contributed by atoms with Gasteiger partial charge in [-0.15, -0.1) is 0 Å². The Morgan fingerprint density at radius 2 is 2.00 bits per heavy atom. The summed E-state index contributed by atoms with van der Waals surface area (Å²) in [7, 11) is 5.58. The van der Waals surface area contributed by atoms with Gasteiger partial charge in [0.05, 0.1) is 18.9 Å². The smallest absolute Gasteiger partial charge is 0.312 e. The molecule has 6 heteroatoms. The van der Waals surface area contributed by atoms with Crippen molar-refractivity contribution in [2.45, 2.75) is 31.8 Å². The number of hydrogen-bond acceptors (Lipinski definition) is 5. The summed E-state index contributed by atoms with van der Waals surface area (Å²) in [4.78, 5) is 29.0. The number of nitrogens with zero attached hydrogens (tertiary/aromatic N) is 2. The lowest BCUT2D eigenvalue weighted by Crippen LogP contribution is -2.45. The molecule has 3 rings (SSSR count). The van der Waals surface area contributed by atoms with Crippen LogP contribution >= 0.6 is 0 Å². The van der Waals surface area contributed by atoms with Crippen LogP contribution in [0.15, 0.2) is 24.3 Å². The van der Waals surface area contributed by atoms with Crippen molar-refractivity contribution in [1.82, 2.24) is 9.80 Å². The van der Waals surface area contributed by atoms with E-state index in [0.717, 1.165) is 24.3 Å². The summed E-state index contributed by atoms with van der Waals surface area (Å²) in [6, 6.07) is 7.60. The van der Waals surface area contributed by atoms with E-state index >= 15 is 0 Å². The van der Waals surface area contributed by atoms with Crippen LogP contribution in [0, 0.1) is 5.41 Å². The van der Waals surface area contributed by atoms with Crippen molar-refractivity contribution in [2.24, 2.45) is 5.41 Å². The number of carbonyl (C=O) groups is 2. The van der Waals surface area contributed by atoms with Crippen LogP contribution in [-0.4, -0.2) is 68.6 Å². The van der Waals surface area contributed by atoms with E-state index < -0.39 is 5.41 Å². The number of likely N-dealkylation sites (tertiary alicyclic amines) is 1. The second-order valence-electron chi connectivity index (χ2n) is 7.64. The van der Waals surface area contributed by atoms with Crippen LogP contribution in [-0.2, 0) is 20.7 Å². The van der Waals surface area contributed by atoms with Crippen LogP contribution in [0.1, 0.15) is 24.8 Å². The fourth-order valence-electron chi connectivity index (χ4n) is 4.06. The Labute approximate surface area is 155 Å². The van der Waals surface area contributed by atoms with E-state index in [1.54, 1.807) is 7.11 Å². The van der Waals surface area contributed by atoms with E-state index in [1.165, 1.54) is 0 Å². The van der Waals surface area contributed by atoms with Gasteiger partial charge in [0.25, 0.3) is 0 Å². The summed E-state index contributed by atoms with van der Waals surface area (Å²) in [5, 5.41) is 0. The molecule has 1 unspecified atom stereocenters. The van der Waals surface area contributed by atoms with E-state index in [0.29, 0.717) is 32.4 Å². The Hall–Kier alpha value is -2.08. The Bertz CT molecular complexity index is 666. The van der Waals surface area contributed by atoms with Crippen LogP contribution in [0.5, 0.6) is 5.75 Å². The van der Waals surface area contributed by atoms with E-state index in [-0.39, 0.29) is 18.0 Å². The lowest BCUT2D eigenvalue weighted by Gasteiger charge is -2.36. The first-order valence-electron chi connectivity index (χ1n) is 9.19. The van der Waals surface area contributed by atoms with Crippen molar-refractivity contribution in [2.75, 3.05) is 40.8 Å². The van der Waals surface area contributed by atoms with Gasteiger partial charge in [-0.05, 0) is 33.0 Å². The highest BCUT2D eigenvalue weighted by Gasteiger charge is 2.50. The summed E-state index contributed by atoms with van der Waals surface area (Å²) in [5.74, 6) is 0.738. The lowest BCUT2D eigenvalue weighted by atomic mass is 9.76. The molecule has 0 aromatic heterocycles. The molecule has 0 radical (unpaired) electrons. The highest BCUT2D eigenvalue weighted by Crippen LogP contribution is 2.43. The Kier molecular flexibility index (Phi) is 5.51. The number of methoxy groups -OCH3 is 1. The highest BCUT2D eigenvalue weighted by molar-refractivity contribution is 5.82. The predicted molar refractivity (Wildman–Crippen MR) is 98.0 cm³/mol. The molecule has 2 aliphatic rings. The van der Waals surface area contributed by atoms with Gasteiger partial charge in [-0.2, -0.15) is 0 Å². The topological polar surface area (TPSA) is 59.1 Å². The second kappa shape index (κ2) is 7.66. The number of benzene rings is 1. The van der Waals surface area contributed by atoms with Crippen LogP contribution < -0.4 is 4.74 Å². The minimum atomic E-state index is -0.401. The quantitative estimate of drug-likeness (QED) is 0.749. The molecule has 1 amide bonds. The number of piperidine rings is 1. The van der Waals surface area contributed by atoms with E-state index in [9.17, 15) is 9.59 Å². The molecule has 0 saturated carbocycles. The van der Waals surface area contributed by atoms with E-state index in [2.05, 4.69) is 0 Å². The molecule has 26 heavy (non-hydrogen) atoms. The lowest BCUT2D eigenvalue weighted by molar-refractivity contribution is -0.152. The van der Waals surface area contributed by atoms with Crippen molar-refractivity contribution in [3.63, 3.8) is 0 Å². The average molecular weight is 360 g/mol. The standard InChI is InChI=1S/C20H28N2O4/c1-21(2)14-16-13-20(19(24)26-16)8-10-22(11-9-20)18(23)12-15-6-4-5-7-17(15)25-3/h4-7,16H,8-14H2,1-3H3. The van der Waals surface area contributed by atoms with Crippen LogP contribution in [0.25, 0.3) is 0 Å². The zero-order chi connectivity index (χ0) is 18.7. The molecule has 142 valence electrons. The van der Waals surface area contributed by atoms with E-state index in [4.69, 9.17) is 9.47 Å². The third kappa shape index (κ3) is 3.85. The number of esters is 1. The summed E-state index contributed by atoms with van der Waals surface area (Å²) >= 11 is 0. The molecule has 2 fully saturated rings. The predicted octanol–water partition coefficient (Wildman–Crippen LogP) is 1.72. The molecular formula is C20H28N2O4. The van der Waals surface area contributed by atoms with Crippen molar-refractivity contribution >= 4 is 11.9 Å². The third-order valence-corrected chi connectivity index (χ3v) is 5.50. The number of cyclic esters (lactones) is 1. The number of rotatable bonds is 5. The van der Waals surface area contributed by atoms with Crippen molar-refractivity contribution < 1.29 is 19.1 Å². The van der Waals surface area contributed by atoms with Crippen molar-refractivity contribution in [3.8, 4) is 5.75 Å². The van der Waals surface area contributed by atoms with Gasteiger partial charge in [-0.25, -0.2) is 0 Å². The second-order valence-corrected chi connectivity index (χ2v) is 7.64. The molecule has 2 saturated heterocycles. The monoisotopic (exact) mass is 360 g/mol. The Morgan fingerprint density at radius 3 is 2.65 bits per heavy atom. The van der Waals surface area contributed by atoms with Gasteiger partial charge in [0.15, 0.2) is 0 Å². The molecule has 1 atom stereocenters. The molecule has 2 heterocycles. The van der Waals surface area contributed by atoms with Gasteiger partial charge in [0, 0.05) is 31.6 Å². The molecule has 6 nitrogen and oxygen atoms in total. The molecule has 2 aliphatic heterocycles. The number of likely N-dealkylation sites (N-methyl/N-ethyl adjacent to an activating group) is 1. The molecule has 1 aromatic rings. The maximum atomic E-state index is 12.7. The summed E-state index contributed by atoms with van der Waals surface area (Å²) in [6.45, 7) is 1.97. The molecule has 0 aliphatic carbocycles. The number of ether oxygens (including phenoxy) is 2. The molecule has 0 N–H and O–H groups in total. The first-order valence-corrected chi connectivity index (χ1v) is 9.19. The Morgan fingerprint density at radius 1 is 1.31 bits per heavy atom. The fourth-order valence-corrected chi connectivity index (χ4v) is 4.06. The SMILES string of the molecule is COc1ccccc1CC(=O)N1CCC2(CC1)CC(CN(C)C)OC2=O. The zero-order valence-electron chi connectivity index (χ0n) is 15.9. The van der Waals surface area contributed by atoms with Gasteiger partial charge < -0.3 is 19.3 Å². The van der Waals surface area contributed by atoms with Crippen LogP contribution in [0.3, 0.4) is 0 Å². The third-order valence-electron chi connectivity index (χ3n) is 5.50. The normalized spacial score (nSPS) is 21.9. The summed E-state index contributed by atoms with van der Waals surface area (Å²) in [6.07, 6.45) is 2.43. The maximum absolute atomic E-state index is 12.7. The molecular weight excluding hydrogens is 332 g/mol. The van der Waals surface area contributed by atoms with Gasteiger partial charge in [0.2, 0.25) is 5.91 Å². The average Bonchev–Trinajstić information content (AvgIpc) is 2.90. The maximum Gasteiger partial charge on any atom is 0.312 e. The van der Waals surface area contributed by atoms with Crippen LogP contribution in [0.4, 0.5) is 0 Å². The Balaban J connectivity index is 1.58. The van der Waals surface area contributed by atoms with Gasteiger partial charge in [0.1, 0.15) is 11.9 Å². The van der Waals surface area contributed by atoms with Gasteiger partial charge in [-0.1, -0.05) is 18.2 Å². The first kappa shape index (κ1) is 18.7. The van der Waals surface area contributed by atoms with Crippen molar-refractivity contribution in [3.05, 3.63) is 29.8 Å². The number of hydrogen-bond donors (Lipinski definition) is 0. The minimum Gasteiger partial charge on any atom is -0.496 e. The highest BCUT2D eigenvalue weighted by atomic mass is 16.6. The molecule has 0 bridgehead atoms. The minimum absolute atomic E-state index is 0.0340. The number of amides is 1. The number of carbonyl (C=O) groups excluding carboxylic acids is 2. The first-order chi connectivity index (χ1) is 12.4. The van der Waals surface area contributed by atoms with Gasteiger partial charge in [-0.3, -0.25) is 9.59 Å². The molecule has 1 aromatic carbocycles. The van der Waals surface area contributed by atoms with Crippen LogP contribution in [0.2, 0.25) is 0 Å². The number of para-hydroxylation sites is 1. The van der Waals surface area contributed by atoms with Crippen molar-refractivity contribution in [1.29, 1.82) is 0 Å². The van der Waals surface area contributed by atoms with Gasteiger partial charge >= 0.3 is 5.97 Å². The fraction of sp³-hybridized carbons (Fsp3) is 0.600. The summed E-state index contributed by atoms with van der Waals surface area (Å²) in [5.41, 5.74) is 0.494. The zero-order valence-corrected chi connectivity index (χ0v) is 15.9. The largest absolute Gasteiger partial charge is 0.496 e. The molecule has 1 spiro atoms.